The summed E-state index contributed by atoms with van der Waals surface area (Å²) >= 11 is 0. The van der Waals surface area contributed by atoms with Crippen LogP contribution in [0.4, 0.5) is 5.69 Å². The molecule has 1 heterocycles. The fourth-order valence-electron chi connectivity index (χ4n) is 3.61. The van der Waals surface area contributed by atoms with Crippen LogP contribution in [0, 0.1) is 0 Å². The Morgan fingerprint density at radius 1 is 1.10 bits per heavy atom. The topological polar surface area (TPSA) is 87.6 Å². The molecule has 2 aromatic rings. The van der Waals surface area contributed by atoms with Gasteiger partial charge in [0.2, 0.25) is 0 Å². The van der Waals surface area contributed by atoms with Gasteiger partial charge in [0, 0.05) is 49.6 Å². The highest BCUT2D eigenvalue weighted by Crippen LogP contribution is 2.30. The minimum absolute atomic E-state index is 0.119. The second kappa shape index (κ2) is 10.7. The maximum absolute atomic E-state index is 9.97. The number of rotatable bonds is 8. The molecule has 1 saturated heterocycles. The Kier molecular flexibility index (Phi) is 7.70. The zero-order valence-electron chi connectivity index (χ0n) is 18.6. The lowest BCUT2D eigenvalue weighted by Gasteiger charge is -2.21. The first kappa shape index (κ1) is 22.4. The molecule has 168 valence electrons. The van der Waals surface area contributed by atoms with E-state index in [0.717, 1.165) is 54.8 Å². The summed E-state index contributed by atoms with van der Waals surface area (Å²) in [6.07, 6.45) is 0.993. The van der Waals surface area contributed by atoms with Crippen LogP contribution in [0.2, 0.25) is 0 Å². The van der Waals surface area contributed by atoms with Crippen molar-refractivity contribution in [3.05, 3.63) is 42.0 Å². The largest absolute Gasteiger partial charge is 0.504 e. The number of benzene rings is 2. The summed E-state index contributed by atoms with van der Waals surface area (Å²) < 4.78 is 15.9. The molecule has 0 radical (unpaired) electrons. The first-order valence-corrected chi connectivity index (χ1v) is 10.4. The number of guanidine groups is 1. The van der Waals surface area contributed by atoms with Crippen molar-refractivity contribution in [1.29, 1.82) is 0 Å². The van der Waals surface area contributed by atoms with Crippen molar-refractivity contribution in [2.45, 2.75) is 25.9 Å². The molecule has 1 atom stereocenters. The Morgan fingerprint density at radius 2 is 1.84 bits per heavy atom. The van der Waals surface area contributed by atoms with E-state index in [9.17, 15) is 5.11 Å². The number of methoxy groups -OCH3 is 3. The standard InChI is InChI=1S/C23H32N4O4/c1-5-24-23(25-14-16-6-7-22(31-4)21(28)10-16)26-17-8-9-27(15-17)18-11-19(29-2)13-20(12-18)30-3/h6-7,10-13,17,28H,5,8-9,14-15H2,1-4H3,(H2,24,25,26). The van der Waals surface area contributed by atoms with Gasteiger partial charge in [0.1, 0.15) is 11.5 Å². The summed E-state index contributed by atoms with van der Waals surface area (Å²) in [4.78, 5) is 6.99. The van der Waals surface area contributed by atoms with E-state index in [4.69, 9.17) is 14.2 Å². The van der Waals surface area contributed by atoms with Gasteiger partial charge < -0.3 is 34.9 Å². The minimum Gasteiger partial charge on any atom is -0.504 e. The highest BCUT2D eigenvalue weighted by molar-refractivity contribution is 5.80. The summed E-state index contributed by atoms with van der Waals surface area (Å²) in [7, 11) is 4.86. The predicted molar refractivity (Wildman–Crippen MR) is 123 cm³/mol. The van der Waals surface area contributed by atoms with Crippen LogP contribution in [0.25, 0.3) is 0 Å². The average molecular weight is 429 g/mol. The van der Waals surface area contributed by atoms with Gasteiger partial charge in [-0.15, -0.1) is 0 Å². The molecule has 0 aromatic heterocycles. The third-order valence-corrected chi connectivity index (χ3v) is 5.24. The third-order valence-electron chi connectivity index (χ3n) is 5.24. The number of aliphatic imine (C=N–C) groups is 1. The molecule has 1 fully saturated rings. The van der Waals surface area contributed by atoms with Crippen LogP contribution in [0.3, 0.4) is 0 Å². The fourth-order valence-corrected chi connectivity index (χ4v) is 3.61. The van der Waals surface area contributed by atoms with E-state index < -0.39 is 0 Å². The van der Waals surface area contributed by atoms with Crippen LogP contribution in [0.5, 0.6) is 23.0 Å². The van der Waals surface area contributed by atoms with Crippen molar-refractivity contribution in [3.8, 4) is 23.0 Å². The molecule has 0 saturated carbocycles. The molecular weight excluding hydrogens is 396 g/mol. The van der Waals surface area contributed by atoms with Crippen molar-refractivity contribution >= 4 is 11.6 Å². The van der Waals surface area contributed by atoms with Crippen LogP contribution >= 0.6 is 0 Å². The minimum atomic E-state index is 0.119. The van der Waals surface area contributed by atoms with Gasteiger partial charge in [0.15, 0.2) is 17.5 Å². The number of hydrogen-bond acceptors (Lipinski definition) is 6. The first-order chi connectivity index (χ1) is 15.1. The van der Waals surface area contributed by atoms with Gasteiger partial charge in [0.05, 0.1) is 27.9 Å². The number of nitrogens with zero attached hydrogens (tertiary/aromatic N) is 2. The second-order valence-corrected chi connectivity index (χ2v) is 7.35. The highest BCUT2D eigenvalue weighted by atomic mass is 16.5. The molecule has 31 heavy (non-hydrogen) atoms. The van der Waals surface area contributed by atoms with Crippen molar-refractivity contribution in [2.75, 3.05) is 45.9 Å². The molecule has 0 amide bonds. The van der Waals surface area contributed by atoms with Gasteiger partial charge in [-0.3, -0.25) is 0 Å². The van der Waals surface area contributed by atoms with Gasteiger partial charge in [-0.25, -0.2) is 4.99 Å². The maximum Gasteiger partial charge on any atom is 0.191 e. The molecule has 2 aromatic carbocycles. The van der Waals surface area contributed by atoms with Crippen LogP contribution < -0.4 is 29.7 Å². The molecule has 3 N–H and O–H groups in total. The Bertz CT molecular complexity index is 881. The number of phenolic OH excluding ortho intramolecular Hbond substituents is 1. The molecule has 0 bridgehead atoms. The van der Waals surface area contributed by atoms with Crippen LogP contribution in [-0.4, -0.2) is 58.1 Å². The molecule has 1 unspecified atom stereocenters. The average Bonchev–Trinajstić information content (AvgIpc) is 3.26. The summed E-state index contributed by atoms with van der Waals surface area (Å²) in [6, 6.07) is 11.5. The van der Waals surface area contributed by atoms with E-state index in [-0.39, 0.29) is 11.8 Å². The number of hydrogen-bond donors (Lipinski definition) is 3. The van der Waals surface area contributed by atoms with Crippen LogP contribution in [0.1, 0.15) is 18.9 Å². The quantitative estimate of drug-likeness (QED) is 0.440. The van der Waals surface area contributed by atoms with E-state index in [2.05, 4.69) is 20.5 Å². The predicted octanol–water partition coefficient (Wildman–Crippen LogP) is 2.75. The zero-order valence-corrected chi connectivity index (χ0v) is 18.6. The molecule has 0 spiro atoms. The SMILES string of the molecule is CCNC(=NCc1ccc(OC)c(O)c1)NC1CCN(c2cc(OC)cc(OC)c2)C1. The number of phenols is 1. The second-order valence-electron chi connectivity index (χ2n) is 7.35. The Labute approximate surface area is 183 Å². The Balaban J connectivity index is 1.64. The Morgan fingerprint density at radius 3 is 2.45 bits per heavy atom. The van der Waals surface area contributed by atoms with E-state index in [1.807, 2.05) is 31.2 Å². The van der Waals surface area contributed by atoms with E-state index in [0.29, 0.717) is 12.3 Å². The molecule has 3 rings (SSSR count). The molecular formula is C23H32N4O4. The number of nitrogens with one attached hydrogen (secondary N) is 2. The van der Waals surface area contributed by atoms with Crippen molar-refractivity contribution in [3.63, 3.8) is 0 Å². The van der Waals surface area contributed by atoms with Crippen molar-refractivity contribution in [1.82, 2.24) is 10.6 Å². The summed E-state index contributed by atoms with van der Waals surface area (Å²) in [5.41, 5.74) is 1.99. The molecule has 1 aliphatic heterocycles. The monoisotopic (exact) mass is 428 g/mol. The van der Waals surface area contributed by atoms with Gasteiger partial charge in [-0.1, -0.05) is 6.07 Å². The van der Waals surface area contributed by atoms with Gasteiger partial charge in [-0.2, -0.15) is 0 Å². The summed E-state index contributed by atoms with van der Waals surface area (Å²) in [5.74, 6) is 2.89. The van der Waals surface area contributed by atoms with E-state index in [1.54, 1.807) is 26.4 Å². The van der Waals surface area contributed by atoms with E-state index >= 15 is 0 Å². The lowest BCUT2D eigenvalue weighted by molar-refractivity contribution is 0.373. The third kappa shape index (κ3) is 5.87. The normalized spacial score (nSPS) is 16.2. The molecule has 8 nitrogen and oxygen atoms in total. The van der Waals surface area contributed by atoms with Gasteiger partial charge in [0.25, 0.3) is 0 Å². The number of ether oxygens (including phenoxy) is 3. The Hall–Kier alpha value is -3.29. The van der Waals surface area contributed by atoms with Crippen LogP contribution in [-0.2, 0) is 6.54 Å². The molecule has 0 aliphatic carbocycles. The zero-order chi connectivity index (χ0) is 22.2. The van der Waals surface area contributed by atoms with Crippen molar-refractivity contribution in [2.24, 2.45) is 4.99 Å². The van der Waals surface area contributed by atoms with E-state index in [1.165, 1.54) is 7.11 Å². The smallest absolute Gasteiger partial charge is 0.191 e. The number of aromatic hydroxyl groups is 1. The summed E-state index contributed by atoms with van der Waals surface area (Å²) in [5, 5.41) is 16.8. The lowest BCUT2D eigenvalue weighted by atomic mass is 10.2. The fraction of sp³-hybridized carbons (Fsp3) is 0.435. The van der Waals surface area contributed by atoms with Crippen LogP contribution in [0.15, 0.2) is 41.4 Å². The first-order valence-electron chi connectivity index (χ1n) is 10.4. The highest BCUT2D eigenvalue weighted by Gasteiger charge is 2.24. The number of anilines is 1. The van der Waals surface area contributed by atoms with Crippen molar-refractivity contribution < 1.29 is 19.3 Å². The summed E-state index contributed by atoms with van der Waals surface area (Å²) in [6.45, 7) is 5.04. The van der Waals surface area contributed by atoms with Gasteiger partial charge >= 0.3 is 0 Å². The molecule has 8 heteroatoms. The molecule has 1 aliphatic rings. The van der Waals surface area contributed by atoms with Gasteiger partial charge in [-0.05, 0) is 31.0 Å². The lowest BCUT2D eigenvalue weighted by Crippen LogP contribution is -2.44. The maximum atomic E-state index is 9.97.